The van der Waals surface area contributed by atoms with Crippen molar-refractivity contribution in [3.8, 4) is 0 Å². The number of hydrogen-bond acceptors (Lipinski definition) is 5. The van der Waals surface area contributed by atoms with Crippen molar-refractivity contribution in [3.05, 3.63) is 34.7 Å². The highest BCUT2D eigenvalue weighted by molar-refractivity contribution is 9.10. The Kier molecular flexibility index (Phi) is 5.15. The molecule has 0 unspecified atom stereocenters. The maximum Gasteiger partial charge on any atom is 0.132 e. The Bertz CT molecular complexity index is 545. The Morgan fingerprint density at radius 2 is 2.11 bits per heavy atom. The minimum absolute atomic E-state index is 0.845. The number of nitrogens with zero attached hydrogens (tertiary/aromatic N) is 3. The smallest absolute Gasteiger partial charge is 0.132 e. The summed E-state index contributed by atoms with van der Waals surface area (Å²) in [5.74, 6) is 1.71. The number of aromatic nitrogens is 3. The minimum Gasteiger partial charge on any atom is -0.373 e. The fourth-order valence-corrected chi connectivity index (χ4v) is 2.53. The molecule has 100 valence electrons. The normalized spacial score (nSPS) is 10.5. The zero-order chi connectivity index (χ0) is 13.7. The van der Waals surface area contributed by atoms with Crippen LogP contribution in [0.4, 0.5) is 5.82 Å². The highest BCUT2D eigenvalue weighted by Gasteiger charge is 2.06. The molecule has 0 radical (unpaired) electrons. The second kappa shape index (κ2) is 6.86. The van der Waals surface area contributed by atoms with Gasteiger partial charge in [0.05, 0.1) is 0 Å². The SMILES string of the molecule is CCCc1nc(NC)cc(Sc2ccc(Br)cn2)n1. The third kappa shape index (κ3) is 4.18. The van der Waals surface area contributed by atoms with Crippen molar-refractivity contribution in [2.24, 2.45) is 0 Å². The first-order valence-corrected chi connectivity index (χ1v) is 7.67. The second-order valence-electron chi connectivity index (χ2n) is 3.92. The summed E-state index contributed by atoms with van der Waals surface area (Å²) in [4.78, 5) is 13.3. The maximum absolute atomic E-state index is 4.55. The van der Waals surface area contributed by atoms with E-state index in [9.17, 15) is 0 Å². The van der Waals surface area contributed by atoms with Crippen LogP contribution in [0.25, 0.3) is 0 Å². The molecular weight excluding hydrogens is 324 g/mol. The molecule has 2 aromatic rings. The largest absolute Gasteiger partial charge is 0.373 e. The molecule has 0 fully saturated rings. The van der Waals surface area contributed by atoms with E-state index in [1.807, 2.05) is 25.2 Å². The number of aryl methyl sites for hydroxylation is 1. The van der Waals surface area contributed by atoms with Crippen LogP contribution in [0.15, 0.2) is 38.9 Å². The summed E-state index contributed by atoms with van der Waals surface area (Å²) < 4.78 is 0.974. The molecular formula is C13H15BrN4S. The van der Waals surface area contributed by atoms with Crippen LogP contribution in [0.1, 0.15) is 19.2 Å². The monoisotopic (exact) mass is 338 g/mol. The number of pyridine rings is 1. The van der Waals surface area contributed by atoms with Crippen LogP contribution in [0.2, 0.25) is 0 Å². The Labute approximate surface area is 125 Å². The van der Waals surface area contributed by atoms with Gasteiger partial charge in [0.1, 0.15) is 21.7 Å². The second-order valence-corrected chi connectivity index (χ2v) is 5.88. The van der Waals surface area contributed by atoms with Crippen LogP contribution >= 0.6 is 27.7 Å². The number of anilines is 1. The van der Waals surface area contributed by atoms with Gasteiger partial charge in [-0.2, -0.15) is 0 Å². The van der Waals surface area contributed by atoms with Crippen LogP contribution in [-0.4, -0.2) is 22.0 Å². The van der Waals surface area contributed by atoms with Gasteiger partial charge in [0.25, 0.3) is 0 Å². The van der Waals surface area contributed by atoms with E-state index in [0.717, 1.165) is 39.0 Å². The van der Waals surface area contributed by atoms with Gasteiger partial charge in [0.2, 0.25) is 0 Å². The van der Waals surface area contributed by atoms with E-state index in [4.69, 9.17) is 0 Å². The topological polar surface area (TPSA) is 50.7 Å². The predicted octanol–water partition coefficient (Wildman–Crippen LogP) is 3.78. The number of nitrogens with one attached hydrogen (secondary N) is 1. The fraction of sp³-hybridized carbons (Fsp3) is 0.308. The van der Waals surface area contributed by atoms with E-state index in [1.54, 1.807) is 18.0 Å². The first-order valence-electron chi connectivity index (χ1n) is 6.06. The lowest BCUT2D eigenvalue weighted by Crippen LogP contribution is -2.01. The molecule has 2 aromatic heterocycles. The fourth-order valence-electron chi connectivity index (χ4n) is 1.52. The highest BCUT2D eigenvalue weighted by Crippen LogP contribution is 2.26. The lowest BCUT2D eigenvalue weighted by Gasteiger charge is -2.06. The van der Waals surface area contributed by atoms with Gasteiger partial charge in [-0.25, -0.2) is 15.0 Å². The third-order valence-corrected chi connectivity index (χ3v) is 3.73. The van der Waals surface area contributed by atoms with Crippen LogP contribution < -0.4 is 5.32 Å². The van der Waals surface area contributed by atoms with Crippen LogP contribution in [-0.2, 0) is 6.42 Å². The van der Waals surface area contributed by atoms with E-state index < -0.39 is 0 Å². The lowest BCUT2D eigenvalue weighted by atomic mass is 10.3. The average molecular weight is 339 g/mol. The van der Waals surface area contributed by atoms with Gasteiger partial charge in [0, 0.05) is 30.2 Å². The molecule has 0 aliphatic rings. The van der Waals surface area contributed by atoms with E-state index in [2.05, 4.69) is 43.1 Å². The summed E-state index contributed by atoms with van der Waals surface area (Å²) in [5, 5.41) is 4.91. The van der Waals surface area contributed by atoms with Crippen molar-refractivity contribution in [1.29, 1.82) is 0 Å². The maximum atomic E-state index is 4.55. The molecule has 2 heterocycles. The summed E-state index contributed by atoms with van der Waals surface area (Å²) in [6.45, 7) is 2.12. The Morgan fingerprint density at radius 1 is 1.26 bits per heavy atom. The van der Waals surface area contributed by atoms with Crippen LogP contribution in [0, 0.1) is 0 Å². The van der Waals surface area contributed by atoms with E-state index in [-0.39, 0.29) is 0 Å². The molecule has 0 aromatic carbocycles. The molecule has 6 heteroatoms. The molecule has 19 heavy (non-hydrogen) atoms. The zero-order valence-corrected chi connectivity index (χ0v) is 13.3. The summed E-state index contributed by atoms with van der Waals surface area (Å²) in [5.41, 5.74) is 0. The van der Waals surface area contributed by atoms with Gasteiger partial charge >= 0.3 is 0 Å². The molecule has 2 rings (SSSR count). The molecule has 0 spiro atoms. The molecule has 0 saturated heterocycles. The standard InChI is InChI=1S/C13H15BrN4S/c1-3-4-10-17-11(15-2)7-13(18-10)19-12-6-5-9(14)8-16-12/h5-8H,3-4H2,1-2H3,(H,15,17,18). The molecule has 0 bridgehead atoms. The molecule has 0 amide bonds. The molecule has 1 N–H and O–H groups in total. The highest BCUT2D eigenvalue weighted by atomic mass is 79.9. The van der Waals surface area contributed by atoms with Gasteiger partial charge in [-0.15, -0.1) is 0 Å². The van der Waals surface area contributed by atoms with Crippen molar-refractivity contribution in [2.75, 3.05) is 12.4 Å². The lowest BCUT2D eigenvalue weighted by molar-refractivity contribution is 0.811. The van der Waals surface area contributed by atoms with E-state index >= 15 is 0 Å². The van der Waals surface area contributed by atoms with Gasteiger partial charge < -0.3 is 5.32 Å². The zero-order valence-electron chi connectivity index (χ0n) is 10.9. The first-order chi connectivity index (χ1) is 9.21. The predicted molar refractivity (Wildman–Crippen MR) is 81.6 cm³/mol. The van der Waals surface area contributed by atoms with E-state index in [1.165, 1.54) is 0 Å². The minimum atomic E-state index is 0.845. The molecule has 0 saturated carbocycles. The third-order valence-electron chi connectivity index (χ3n) is 2.39. The van der Waals surface area contributed by atoms with Gasteiger partial charge in [-0.1, -0.05) is 6.92 Å². The Hall–Kier alpha value is -1.14. The quantitative estimate of drug-likeness (QED) is 0.840. The Balaban J connectivity index is 2.23. The van der Waals surface area contributed by atoms with E-state index in [0.29, 0.717) is 0 Å². The van der Waals surface area contributed by atoms with Crippen molar-refractivity contribution >= 4 is 33.5 Å². The van der Waals surface area contributed by atoms with Crippen molar-refractivity contribution in [2.45, 2.75) is 29.8 Å². The summed E-state index contributed by atoms with van der Waals surface area (Å²) >= 11 is 4.92. The van der Waals surface area contributed by atoms with Crippen molar-refractivity contribution < 1.29 is 0 Å². The van der Waals surface area contributed by atoms with Crippen LogP contribution in [0.3, 0.4) is 0 Å². The Morgan fingerprint density at radius 3 is 2.74 bits per heavy atom. The number of hydrogen-bond donors (Lipinski definition) is 1. The van der Waals surface area contributed by atoms with Crippen molar-refractivity contribution in [1.82, 2.24) is 15.0 Å². The first kappa shape index (κ1) is 14.3. The molecule has 4 nitrogen and oxygen atoms in total. The molecule has 0 atom stereocenters. The average Bonchev–Trinajstić information content (AvgIpc) is 2.41. The molecule has 0 aliphatic heterocycles. The summed E-state index contributed by atoms with van der Waals surface area (Å²) in [6, 6.07) is 5.88. The van der Waals surface area contributed by atoms with Gasteiger partial charge in [-0.3, -0.25) is 0 Å². The van der Waals surface area contributed by atoms with Gasteiger partial charge in [-0.05, 0) is 46.2 Å². The summed E-state index contributed by atoms with van der Waals surface area (Å²) in [7, 11) is 1.87. The summed E-state index contributed by atoms with van der Waals surface area (Å²) in [6.07, 6.45) is 3.71. The van der Waals surface area contributed by atoms with Gasteiger partial charge in [0.15, 0.2) is 0 Å². The number of rotatable bonds is 5. The van der Waals surface area contributed by atoms with Crippen LogP contribution in [0.5, 0.6) is 0 Å². The van der Waals surface area contributed by atoms with Crippen molar-refractivity contribution in [3.63, 3.8) is 0 Å². The molecule has 0 aliphatic carbocycles. The number of halogens is 1.